The second kappa shape index (κ2) is 5.68. The molecule has 0 atom stereocenters. The number of aromatic nitrogens is 3. The van der Waals surface area contributed by atoms with Crippen LogP contribution in [0.5, 0.6) is 0 Å². The Hall–Kier alpha value is -2.79. The first kappa shape index (κ1) is 13.2. The van der Waals surface area contributed by atoms with Crippen LogP contribution in [0.2, 0.25) is 0 Å². The zero-order valence-electron chi connectivity index (χ0n) is 11.6. The van der Waals surface area contributed by atoms with Crippen molar-refractivity contribution in [1.82, 2.24) is 15.0 Å². The Morgan fingerprint density at radius 1 is 0.857 bits per heavy atom. The van der Waals surface area contributed by atoms with Crippen LogP contribution in [0, 0.1) is 6.92 Å². The predicted molar refractivity (Wildman–Crippen MR) is 83.2 cm³/mol. The highest BCUT2D eigenvalue weighted by atomic mass is 15.3. The van der Waals surface area contributed by atoms with Crippen LogP contribution in [0.4, 0.5) is 5.82 Å². The second-order valence-electron chi connectivity index (χ2n) is 4.64. The van der Waals surface area contributed by atoms with Gasteiger partial charge >= 0.3 is 0 Å². The molecule has 0 aliphatic heterocycles. The molecule has 0 saturated heterocycles. The summed E-state index contributed by atoms with van der Waals surface area (Å²) in [4.78, 5) is 13.4. The summed E-state index contributed by atoms with van der Waals surface area (Å²) in [7, 11) is 0. The van der Waals surface area contributed by atoms with Gasteiger partial charge in [-0.25, -0.2) is 20.8 Å². The third-order valence-electron chi connectivity index (χ3n) is 3.06. The minimum absolute atomic E-state index is 0.549. The summed E-state index contributed by atoms with van der Waals surface area (Å²) in [5, 5.41) is 0. The van der Waals surface area contributed by atoms with Crippen molar-refractivity contribution in [2.24, 2.45) is 5.84 Å². The van der Waals surface area contributed by atoms with Crippen LogP contribution in [-0.4, -0.2) is 15.0 Å². The van der Waals surface area contributed by atoms with Gasteiger partial charge in [0.25, 0.3) is 0 Å². The molecule has 0 amide bonds. The molecule has 5 heteroatoms. The van der Waals surface area contributed by atoms with Crippen molar-refractivity contribution in [2.45, 2.75) is 6.92 Å². The summed E-state index contributed by atoms with van der Waals surface area (Å²) >= 11 is 0. The van der Waals surface area contributed by atoms with Gasteiger partial charge in [0.15, 0.2) is 5.82 Å². The first-order valence-corrected chi connectivity index (χ1v) is 6.61. The van der Waals surface area contributed by atoms with Gasteiger partial charge in [-0.1, -0.05) is 36.4 Å². The number of nitrogens with two attached hydrogens (primary N) is 1. The minimum Gasteiger partial charge on any atom is -0.308 e. The van der Waals surface area contributed by atoms with Crippen molar-refractivity contribution in [3.8, 4) is 22.8 Å². The summed E-state index contributed by atoms with van der Waals surface area (Å²) in [5.74, 6) is 6.62. The Bertz CT molecular complexity index is 756. The van der Waals surface area contributed by atoms with Crippen LogP contribution in [-0.2, 0) is 0 Å². The molecule has 1 aromatic carbocycles. The molecule has 0 spiro atoms. The highest BCUT2D eigenvalue weighted by molar-refractivity contribution is 5.66. The first-order chi connectivity index (χ1) is 10.3. The van der Waals surface area contributed by atoms with E-state index in [9.17, 15) is 0 Å². The van der Waals surface area contributed by atoms with Crippen LogP contribution in [0.15, 0.2) is 54.6 Å². The molecule has 3 rings (SSSR count). The zero-order valence-corrected chi connectivity index (χ0v) is 11.6. The maximum atomic E-state index is 5.51. The number of nitrogens with one attached hydrogen (secondary N) is 1. The third kappa shape index (κ3) is 2.88. The summed E-state index contributed by atoms with van der Waals surface area (Å²) in [5.41, 5.74) is 6.04. The van der Waals surface area contributed by atoms with E-state index in [2.05, 4.69) is 20.4 Å². The van der Waals surface area contributed by atoms with Crippen LogP contribution in [0.25, 0.3) is 22.8 Å². The largest absolute Gasteiger partial charge is 0.308 e. The molecular weight excluding hydrogens is 262 g/mol. The number of anilines is 1. The number of hydrogen-bond acceptors (Lipinski definition) is 5. The third-order valence-corrected chi connectivity index (χ3v) is 3.06. The molecule has 0 saturated carbocycles. The second-order valence-corrected chi connectivity index (χ2v) is 4.64. The summed E-state index contributed by atoms with van der Waals surface area (Å²) < 4.78 is 0. The molecule has 5 nitrogen and oxygen atoms in total. The van der Waals surface area contributed by atoms with E-state index in [-0.39, 0.29) is 0 Å². The Morgan fingerprint density at radius 3 is 2.38 bits per heavy atom. The molecule has 104 valence electrons. The highest BCUT2D eigenvalue weighted by Crippen LogP contribution is 2.23. The number of hydrazine groups is 1. The lowest BCUT2D eigenvalue weighted by Gasteiger charge is -2.08. The SMILES string of the molecule is Cc1cccc(-c2nc(NN)cc(-c3ccccc3)n2)n1. The molecule has 3 aromatic rings. The van der Waals surface area contributed by atoms with E-state index in [1.807, 2.05) is 61.5 Å². The molecule has 0 radical (unpaired) electrons. The van der Waals surface area contributed by atoms with Gasteiger partial charge in [0, 0.05) is 17.3 Å². The van der Waals surface area contributed by atoms with Crippen molar-refractivity contribution in [3.63, 3.8) is 0 Å². The van der Waals surface area contributed by atoms with Gasteiger partial charge in [-0.2, -0.15) is 0 Å². The van der Waals surface area contributed by atoms with Crippen molar-refractivity contribution in [2.75, 3.05) is 5.43 Å². The first-order valence-electron chi connectivity index (χ1n) is 6.61. The molecule has 0 fully saturated rings. The molecule has 2 heterocycles. The number of pyridine rings is 1. The van der Waals surface area contributed by atoms with E-state index in [0.29, 0.717) is 11.6 Å². The van der Waals surface area contributed by atoms with E-state index in [4.69, 9.17) is 5.84 Å². The fraction of sp³-hybridized carbons (Fsp3) is 0.0625. The molecule has 3 N–H and O–H groups in total. The Kier molecular flexibility index (Phi) is 3.57. The van der Waals surface area contributed by atoms with Gasteiger partial charge in [-0.3, -0.25) is 0 Å². The standard InChI is InChI=1S/C16H15N5/c1-11-6-5-9-13(18-11)16-19-14(10-15(20-16)21-17)12-7-3-2-4-8-12/h2-10H,17H2,1H3,(H,19,20,21). The fourth-order valence-electron chi connectivity index (χ4n) is 2.06. The van der Waals surface area contributed by atoms with E-state index < -0.39 is 0 Å². The van der Waals surface area contributed by atoms with Crippen LogP contribution in [0.3, 0.4) is 0 Å². The molecule has 0 aliphatic rings. The number of hydrogen-bond donors (Lipinski definition) is 2. The quantitative estimate of drug-likeness (QED) is 0.568. The molecule has 0 bridgehead atoms. The van der Waals surface area contributed by atoms with Gasteiger partial charge < -0.3 is 5.43 Å². The maximum absolute atomic E-state index is 5.51. The predicted octanol–water partition coefficient (Wildman–Crippen LogP) is 2.80. The molecular formula is C16H15N5. The average Bonchev–Trinajstić information content (AvgIpc) is 2.55. The van der Waals surface area contributed by atoms with Gasteiger partial charge in [0.2, 0.25) is 0 Å². The van der Waals surface area contributed by atoms with Crippen molar-refractivity contribution < 1.29 is 0 Å². The summed E-state index contributed by atoms with van der Waals surface area (Å²) in [6.45, 7) is 1.94. The number of rotatable bonds is 3. The van der Waals surface area contributed by atoms with Gasteiger partial charge in [-0.05, 0) is 19.1 Å². The van der Waals surface area contributed by atoms with E-state index in [1.54, 1.807) is 0 Å². The van der Waals surface area contributed by atoms with Crippen LogP contribution in [0.1, 0.15) is 5.69 Å². The van der Waals surface area contributed by atoms with E-state index in [1.165, 1.54) is 0 Å². The number of aryl methyl sites for hydroxylation is 1. The topological polar surface area (TPSA) is 76.7 Å². The molecule has 0 aliphatic carbocycles. The van der Waals surface area contributed by atoms with Crippen molar-refractivity contribution in [1.29, 1.82) is 0 Å². The van der Waals surface area contributed by atoms with Gasteiger partial charge in [0.05, 0.1) is 5.69 Å². The Labute approximate surface area is 122 Å². The highest BCUT2D eigenvalue weighted by Gasteiger charge is 2.09. The minimum atomic E-state index is 0.549. The van der Waals surface area contributed by atoms with Crippen LogP contribution >= 0.6 is 0 Å². The molecule has 2 aromatic heterocycles. The number of nitrogens with zero attached hydrogens (tertiary/aromatic N) is 3. The van der Waals surface area contributed by atoms with E-state index >= 15 is 0 Å². The number of benzene rings is 1. The molecule has 21 heavy (non-hydrogen) atoms. The fourth-order valence-corrected chi connectivity index (χ4v) is 2.06. The lowest BCUT2D eigenvalue weighted by atomic mass is 10.1. The Balaban J connectivity index is 2.14. The lowest BCUT2D eigenvalue weighted by molar-refractivity contribution is 1.10. The maximum Gasteiger partial charge on any atom is 0.180 e. The average molecular weight is 277 g/mol. The number of nitrogen functional groups attached to an aromatic ring is 1. The zero-order chi connectivity index (χ0) is 14.7. The lowest BCUT2D eigenvalue weighted by Crippen LogP contribution is -2.10. The van der Waals surface area contributed by atoms with E-state index in [0.717, 1.165) is 22.6 Å². The van der Waals surface area contributed by atoms with Crippen molar-refractivity contribution in [3.05, 3.63) is 60.3 Å². The monoisotopic (exact) mass is 277 g/mol. The summed E-state index contributed by atoms with van der Waals surface area (Å²) in [6.07, 6.45) is 0. The summed E-state index contributed by atoms with van der Waals surface area (Å²) in [6, 6.07) is 17.5. The van der Waals surface area contributed by atoms with Gasteiger partial charge in [0.1, 0.15) is 11.5 Å². The van der Waals surface area contributed by atoms with Crippen LogP contribution < -0.4 is 11.3 Å². The molecule has 0 unspecified atom stereocenters. The van der Waals surface area contributed by atoms with Crippen molar-refractivity contribution >= 4 is 5.82 Å². The Morgan fingerprint density at radius 2 is 1.67 bits per heavy atom. The van der Waals surface area contributed by atoms with Gasteiger partial charge in [-0.15, -0.1) is 0 Å². The normalized spacial score (nSPS) is 10.4. The smallest absolute Gasteiger partial charge is 0.180 e.